The fraction of sp³-hybridized carbons (Fsp3) is 0.615. The lowest BCUT2D eigenvalue weighted by Crippen LogP contribution is -2.35. The number of fused-ring (bicyclic) bond motifs is 1. The number of ether oxygens (including phenoxy) is 2. The van der Waals surface area contributed by atoms with E-state index in [1.165, 1.54) is 20.5 Å². The third kappa shape index (κ3) is 3.41. The van der Waals surface area contributed by atoms with Crippen LogP contribution in [0.4, 0.5) is 11.8 Å². The predicted molar refractivity (Wildman–Crippen MR) is 97.5 cm³/mol. The number of methoxy groups -OCH3 is 1. The molecule has 13 heteroatoms. The Bertz CT molecular complexity index is 850. The van der Waals surface area contributed by atoms with Crippen molar-refractivity contribution in [1.29, 1.82) is 0 Å². The van der Waals surface area contributed by atoms with Gasteiger partial charge < -0.3 is 30.4 Å². The van der Waals surface area contributed by atoms with Crippen molar-refractivity contribution in [2.75, 3.05) is 25.7 Å². The van der Waals surface area contributed by atoms with Crippen molar-refractivity contribution in [3.05, 3.63) is 6.33 Å². The highest BCUT2D eigenvalue weighted by atomic mass is 32.5. The van der Waals surface area contributed by atoms with E-state index in [2.05, 4.69) is 15.0 Å². The summed E-state index contributed by atoms with van der Waals surface area (Å²) in [4.78, 5) is 22.4. The van der Waals surface area contributed by atoms with Crippen molar-refractivity contribution in [3.63, 3.8) is 0 Å². The Hall–Kier alpha value is -1.40. The van der Waals surface area contributed by atoms with E-state index in [0.717, 1.165) is 0 Å². The van der Waals surface area contributed by atoms with Crippen molar-refractivity contribution in [3.8, 4) is 0 Å². The number of nitrogens with zero attached hydrogens (tertiary/aromatic N) is 4. The summed E-state index contributed by atoms with van der Waals surface area (Å²) >= 11 is 4.97. The SMILES string of the molecule is CC[C@H]1O[C@@H](n2cnc3c(N)nc(N)nc32)[C@@H](OC)[C@H]1OP(O)(=S)OC. The van der Waals surface area contributed by atoms with Gasteiger partial charge in [0.2, 0.25) is 5.95 Å². The Morgan fingerprint density at radius 2 is 2.08 bits per heavy atom. The zero-order chi connectivity index (χ0) is 19.1. The molecule has 11 nitrogen and oxygen atoms in total. The number of hydrogen-bond donors (Lipinski definition) is 3. The average Bonchev–Trinajstić information content (AvgIpc) is 3.15. The number of rotatable bonds is 6. The molecule has 1 fully saturated rings. The first-order valence-electron chi connectivity index (χ1n) is 7.82. The van der Waals surface area contributed by atoms with E-state index >= 15 is 0 Å². The molecule has 0 radical (unpaired) electrons. The maximum Gasteiger partial charge on any atom is 0.324 e. The first-order chi connectivity index (χ1) is 12.3. The molecule has 26 heavy (non-hydrogen) atoms. The van der Waals surface area contributed by atoms with Crippen LogP contribution in [0, 0.1) is 0 Å². The van der Waals surface area contributed by atoms with Crippen LogP contribution >= 0.6 is 6.72 Å². The molecule has 3 rings (SSSR count). The van der Waals surface area contributed by atoms with Crippen LogP contribution in [-0.4, -0.2) is 56.9 Å². The molecule has 2 aromatic heterocycles. The second-order valence-corrected chi connectivity index (χ2v) is 8.58. The Morgan fingerprint density at radius 3 is 2.69 bits per heavy atom. The summed E-state index contributed by atoms with van der Waals surface area (Å²) in [5.41, 5.74) is 12.4. The van der Waals surface area contributed by atoms with Crippen LogP contribution in [0.3, 0.4) is 0 Å². The molecule has 5 N–H and O–H groups in total. The van der Waals surface area contributed by atoms with Crippen molar-refractivity contribution in [2.24, 2.45) is 0 Å². The van der Waals surface area contributed by atoms with Gasteiger partial charge in [0.1, 0.15) is 17.7 Å². The first kappa shape index (κ1) is 19.4. The van der Waals surface area contributed by atoms with Gasteiger partial charge in [-0.3, -0.25) is 9.09 Å². The summed E-state index contributed by atoms with van der Waals surface area (Å²) in [6.07, 6.45) is -0.138. The maximum absolute atomic E-state index is 10.1. The number of hydrogen-bond acceptors (Lipinski definition) is 10. The summed E-state index contributed by atoms with van der Waals surface area (Å²) in [7, 11) is 2.81. The quantitative estimate of drug-likeness (QED) is 0.579. The van der Waals surface area contributed by atoms with Gasteiger partial charge in [-0.25, -0.2) is 4.98 Å². The molecule has 0 spiro atoms. The van der Waals surface area contributed by atoms with Crippen LogP contribution in [0.5, 0.6) is 0 Å². The minimum atomic E-state index is -3.41. The Balaban J connectivity index is 2.01. The van der Waals surface area contributed by atoms with Gasteiger partial charge in [-0.05, 0) is 18.2 Å². The van der Waals surface area contributed by atoms with E-state index in [1.54, 1.807) is 4.57 Å². The maximum atomic E-state index is 10.1. The lowest BCUT2D eigenvalue weighted by atomic mass is 10.1. The summed E-state index contributed by atoms with van der Waals surface area (Å²) in [5.74, 6) is 0.192. The molecule has 1 saturated heterocycles. The highest BCUT2D eigenvalue weighted by Crippen LogP contribution is 2.49. The standard InChI is InChI=1S/C13H21N6O5PS/c1-4-6-8(24-25(20,26)22-3)9(21-2)12(23-6)19-5-16-7-10(14)17-13(15)18-11(7)19/h5-6,8-9,12H,4H2,1-3H3,(H,20,26)(H4,14,15,17,18)/t6-,8+,9+,12-,25?/m1/s1. The second kappa shape index (κ2) is 7.31. The lowest BCUT2D eigenvalue weighted by molar-refractivity contribution is -0.0494. The summed E-state index contributed by atoms with van der Waals surface area (Å²) in [6, 6.07) is 0. The molecule has 0 bridgehead atoms. The first-order valence-corrected chi connectivity index (χ1v) is 10.4. The Morgan fingerprint density at radius 1 is 1.35 bits per heavy atom. The molecule has 1 aliphatic rings. The molecule has 2 aromatic rings. The smallest absolute Gasteiger partial charge is 0.324 e. The molecule has 0 aliphatic carbocycles. The van der Waals surface area contributed by atoms with Gasteiger partial charge in [0.25, 0.3) is 0 Å². The fourth-order valence-corrected chi connectivity index (χ4v) is 3.93. The van der Waals surface area contributed by atoms with Gasteiger partial charge in [0, 0.05) is 14.2 Å². The number of nitrogen functional groups attached to an aromatic ring is 2. The zero-order valence-electron chi connectivity index (χ0n) is 14.5. The summed E-state index contributed by atoms with van der Waals surface area (Å²) in [6.45, 7) is -1.48. The highest BCUT2D eigenvalue weighted by Gasteiger charge is 2.48. The van der Waals surface area contributed by atoms with Gasteiger partial charge in [-0.15, -0.1) is 0 Å². The molecule has 0 saturated carbocycles. The van der Waals surface area contributed by atoms with Crippen LogP contribution < -0.4 is 11.5 Å². The molecule has 144 valence electrons. The van der Waals surface area contributed by atoms with Gasteiger partial charge in [-0.1, -0.05) is 6.92 Å². The second-order valence-electron chi connectivity index (χ2n) is 5.69. The van der Waals surface area contributed by atoms with Crippen LogP contribution in [0.25, 0.3) is 11.2 Å². The van der Waals surface area contributed by atoms with Crippen LogP contribution in [0.15, 0.2) is 6.33 Å². The van der Waals surface area contributed by atoms with Gasteiger partial charge >= 0.3 is 6.72 Å². The molecule has 1 unspecified atom stereocenters. The van der Waals surface area contributed by atoms with Crippen molar-refractivity contribution >= 4 is 41.5 Å². The Labute approximate surface area is 154 Å². The van der Waals surface area contributed by atoms with E-state index in [4.69, 9.17) is 41.8 Å². The van der Waals surface area contributed by atoms with E-state index < -0.39 is 25.2 Å². The van der Waals surface area contributed by atoms with Gasteiger partial charge in [-0.2, -0.15) is 9.97 Å². The van der Waals surface area contributed by atoms with Crippen LogP contribution in [-0.2, 0) is 30.3 Å². The zero-order valence-corrected chi connectivity index (χ0v) is 16.2. The summed E-state index contributed by atoms with van der Waals surface area (Å²) in [5, 5.41) is 0. The molecule has 1 aliphatic heterocycles. The summed E-state index contributed by atoms with van der Waals surface area (Å²) < 4.78 is 23.9. The topological polar surface area (TPSA) is 153 Å². The monoisotopic (exact) mass is 404 g/mol. The molecule has 5 atom stereocenters. The van der Waals surface area contributed by atoms with Gasteiger partial charge in [0.15, 0.2) is 17.7 Å². The minimum absolute atomic E-state index is 0.0220. The molecule has 0 amide bonds. The lowest BCUT2D eigenvalue weighted by Gasteiger charge is -2.26. The highest BCUT2D eigenvalue weighted by molar-refractivity contribution is 8.07. The third-order valence-corrected chi connectivity index (χ3v) is 5.86. The fourth-order valence-electron chi connectivity index (χ4n) is 2.98. The minimum Gasteiger partial charge on any atom is -0.382 e. The average molecular weight is 404 g/mol. The number of nitrogens with two attached hydrogens (primary N) is 2. The van der Waals surface area contributed by atoms with Gasteiger partial charge in [0.05, 0.1) is 12.4 Å². The molecular weight excluding hydrogens is 383 g/mol. The van der Waals surface area contributed by atoms with E-state index in [9.17, 15) is 4.89 Å². The molecule has 0 aromatic carbocycles. The molecular formula is C13H21N6O5PS. The van der Waals surface area contributed by atoms with Crippen LogP contribution in [0.2, 0.25) is 0 Å². The normalized spacial score (nSPS) is 28.5. The van der Waals surface area contributed by atoms with Crippen molar-refractivity contribution in [1.82, 2.24) is 19.5 Å². The third-order valence-electron chi connectivity index (χ3n) is 4.19. The van der Waals surface area contributed by atoms with E-state index in [0.29, 0.717) is 17.6 Å². The number of aromatic nitrogens is 4. The largest absolute Gasteiger partial charge is 0.382 e. The predicted octanol–water partition coefficient (Wildman–Crippen LogP) is 0.562. The Kier molecular flexibility index (Phi) is 5.45. The van der Waals surface area contributed by atoms with E-state index in [1.807, 2.05) is 6.92 Å². The van der Waals surface area contributed by atoms with Crippen LogP contribution in [0.1, 0.15) is 19.6 Å². The van der Waals surface area contributed by atoms with Crippen molar-refractivity contribution in [2.45, 2.75) is 37.9 Å². The number of anilines is 2. The van der Waals surface area contributed by atoms with Crippen molar-refractivity contribution < 1.29 is 23.4 Å². The number of imidazole rings is 1. The molecule has 3 heterocycles. The van der Waals surface area contributed by atoms with E-state index in [-0.39, 0.29) is 17.9 Å².